The number of amides is 4. The minimum Gasteiger partial charge on any atom is -0.274 e. The predicted molar refractivity (Wildman–Crippen MR) is 94.5 cm³/mol. The maximum atomic E-state index is 12.3. The molecule has 1 aromatic rings. The minimum absolute atomic E-state index is 0.0963. The van der Waals surface area contributed by atoms with E-state index in [0.29, 0.717) is 24.0 Å². The first-order valence-corrected chi connectivity index (χ1v) is 8.82. The Kier molecular flexibility index (Phi) is 6.30. The number of hydrogen-bond acceptors (Lipinski definition) is 4. The van der Waals surface area contributed by atoms with E-state index in [0.717, 1.165) is 9.37 Å². The molecular weight excluding hydrogens is 390 g/mol. The number of nitrogens with one attached hydrogen (secondary N) is 2. The van der Waals surface area contributed by atoms with E-state index in [1.807, 2.05) is 13.8 Å². The van der Waals surface area contributed by atoms with Crippen molar-refractivity contribution in [2.75, 3.05) is 6.54 Å². The maximum Gasteiger partial charge on any atom is 0.261 e. The van der Waals surface area contributed by atoms with Crippen molar-refractivity contribution in [2.24, 2.45) is 5.92 Å². The van der Waals surface area contributed by atoms with Gasteiger partial charge in [-0.15, -0.1) is 0 Å². The zero-order valence-electron chi connectivity index (χ0n) is 14.1. The van der Waals surface area contributed by atoms with Crippen molar-refractivity contribution < 1.29 is 19.2 Å². The molecule has 0 fully saturated rings. The monoisotopic (exact) mass is 409 g/mol. The number of imide groups is 1. The maximum absolute atomic E-state index is 12.3. The van der Waals surface area contributed by atoms with E-state index >= 15 is 0 Å². The molecule has 1 aromatic carbocycles. The van der Waals surface area contributed by atoms with Crippen LogP contribution < -0.4 is 10.9 Å². The Bertz CT molecular complexity index is 718. The number of rotatable bonds is 6. The lowest BCUT2D eigenvalue weighted by Crippen LogP contribution is -2.42. The molecular formula is C17H20BrN3O4. The summed E-state index contributed by atoms with van der Waals surface area (Å²) in [5.41, 5.74) is 5.41. The lowest BCUT2D eigenvalue weighted by atomic mass is 10.1. The fourth-order valence-electron chi connectivity index (χ4n) is 2.49. The highest BCUT2D eigenvalue weighted by atomic mass is 79.9. The van der Waals surface area contributed by atoms with Gasteiger partial charge in [0.2, 0.25) is 11.8 Å². The number of halogens is 1. The Morgan fingerprint density at radius 3 is 2.40 bits per heavy atom. The lowest BCUT2D eigenvalue weighted by molar-refractivity contribution is -0.129. The third-order valence-electron chi connectivity index (χ3n) is 3.65. The van der Waals surface area contributed by atoms with Crippen LogP contribution in [0.1, 0.15) is 53.8 Å². The molecule has 1 aliphatic rings. The summed E-state index contributed by atoms with van der Waals surface area (Å²) in [5, 5.41) is 0. The average molecular weight is 410 g/mol. The highest BCUT2D eigenvalue weighted by molar-refractivity contribution is 9.10. The third-order valence-corrected chi connectivity index (χ3v) is 4.15. The number of carbonyl (C=O) groups is 4. The van der Waals surface area contributed by atoms with E-state index < -0.39 is 0 Å². The third kappa shape index (κ3) is 4.88. The van der Waals surface area contributed by atoms with Gasteiger partial charge in [-0.05, 0) is 30.5 Å². The number of hydrazine groups is 1. The van der Waals surface area contributed by atoms with Crippen LogP contribution in [-0.4, -0.2) is 35.1 Å². The highest BCUT2D eigenvalue weighted by Gasteiger charge is 2.35. The van der Waals surface area contributed by atoms with Crippen LogP contribution in [0.4, 0.5) is 0 Å². The molecule has 0 aromatic heterocycles. The highest BCUT2D eigenvalue weighted by Crippen LogP contribution is 2.26. The summed E-state index contributed by atoms with van der Waals surface area (Å²) in [6.45, 7) is 3.96. The number of nitrogens with zero attached hydrogens (tertiary/aromatic N) is 1. The number of carbonyl (C=O) groups excluding carboxylic acids is 4. The van der Waals surface area contributed by atoms with Crippen LogP contribution in [0.25, 0.3) is 0 Å². The fourth-order valence-corrected chi connectivity index (χ4v) is 2.85. The molecule has 8 heteroatoms. The van der Waals surface area contributed by atoms with E-state index in [1.165, 1.54) is 0 Å². The Labute approximate surface area is 154 Å². The van der Waals surface area contributed by atoms with Gasteiger partial charge in [-0.1, -0.05) is 29.8 Å². The van der Waals surface area contributed by atoms with E-state index in [2.05, 4.69) is 26.8 Å². The summed E-state index contributed by atoms with van der Waals surface area (Å²) in [5.74, 6) is -1.12. The van der Waals surface area contributed by atoms with Crippen molar-refractivity contribution in [3.05, 3.63) is 33.8 Å². The summed E-state index contributed by atoms with van der Waals surface area (Å²) >= 11 is 3.28. The van der Waals surface area contributed by atoms with Crippen molar-refractivity contribution >= 4 is 39.6 Å². The molecule has 0 spiro atoms. The molecule has 25 heavy (non-hydrogen) atoms. The molecule has 0 atom stereocenters. The SMILES string of the molecule is CC(C)CC(=O)NNC(=O)CCCN1C(=O)c2ccc(Br)cc2C1=O. The molecule has 7 nitrogen and oxygen atoms in total. The molecule has 1 heterocycles. The van der Waals surface area contributed by atoms with E-state index in [9.17, 15) is 19.2 Å². The second kappa shape index (κ2) is 8.24. The van der Waals surface area contributed by atoms with Gasteiger partial charge in [0.25, 0.3) is 11.8 Å². The van der Waals surface area contributed by atoms with Crippen LogP contribution in [0.15, 0.2) is 22.7 Å². The van der Waals surface area contributed by atoms with Gasteiger partial charge < -0.3 is 0 Å². The van der Waals surface area contributed by atoms with Gasteiger partial charge in [-0.2, -0.15) is 0 Å². The fraction of sp³-hybridized carbons (Fsp3) is 0.412. The Hall–Kier alpha value is -2.22. The van der Waals surface area contributed by atoms with Crippen molar-refractivity contribution in [1.29, 1.82) is 0 Å². The zero-order chi connectivity index (χ0) is 18.6. The molecule has 0 saturated carbocycles. The molecule has 2 N–H and O–H groups in total. The van der Waals surface area contributed by atoms with Crippen molar-refractivity contribution in [1.82, 2.24) is 15.8 Å². The second-order valence-electron chi connectivity index (χ2n) is 6.25. The largest absolute Gasteiger partial charge is 0.274 e. The van der Waals surface area contributed by atoms with Crippen molar-refractivity contribution in [3.8, 4) is 0 Å². The van der Waals surface area contributed by atoms with Gasteiger partial charge in [-0.25, -0.2) is 0 Å². The first-order chi connectivity index (χ1) is 11.8. The van der Waals surface area contributed by atoms with Gasteiger partial charge in [0.05, 0.1) is 11.1 Å². The molecule has 4 amide bonds. The van der Waals surface area contributed by atoms with E-state index in [4.69, 9.17) is 0 Å². The first kappa shape index (κ1) is 19.1. The smallest absolute Gasteiger partial charge is 0.261 e. The van der Waals surface area contributed by atoms with Crippen LogP contribution in [0.3, 0.4) is 0 Å². The summed E-state index contributed by atoms with van der Waals surface area (Å²) in [6, 6.07) is 4.93. The van der Waals surface area contributed by atoms with Crippen LogP contribution in [0.5, 0.6) is 0 Å². The van der Waals surface area contributed by atoms with Crippen LogP contribution >= 0.6 is 15.9 Å². The van der Waals surface area contributed by atoms with Gasteiger partial charge in [0, 0.05) is 23.9 Å². The van der Waals surface area contributed by atoms with Gasteiger partial charge >= 0.3 is 0 Å². The Balaban J connectivity index is 1.79. The Morgan fingerprint density at radius 2 is 1.72 bits per heavy atom. The summed E-state index contributed by atoms with van der Waals surface area (Å²) in [6.07, 6.45) is 0.739. The number of hydrogen-bond donors (Lipinski definition) is 2. The lowest BCUT2D eigenvalue weighted by Gasteiger charge is -2.13. The standard InChI is InChI=1S/C17H20BrN3O4/c1-10(2)8-15(23)20-19-14(22)4-3-7-21-16(24)12-6-5-11(18)9-13(12)17(21)25/h5-6,9-10H,3-4,7-8H2,1-2H3,(H,19,22)(H,20,23). The zero-order valence-corrected chi connectivity index (χ0v) is 15.7. The average Bonchev–Trinajstić information content (AvgIpc) is 2.76. The van der Waals surface area contributed by atoms with Gasteiger partial charge in [-0.3, -0.25) is 34.9 Å². The summed E-state index contributed by atoms with van der Waals surface area (Å²) < 4.78 is 0.728. The molecule has 1 aliphatic heterocycles. The quantitative estimate of drug-likeness (QED) is 0.554. The van der Waals surface area contributed by atoms with Crippen molar-refractivity contribution in [2.45, 2.75) is 33.1 Å². The second-order valence-corrected chi connectivity index (χ2v) is 7.17. The molecule has 0 saturated heterocycles. The molecule has 134 valence electrons. The summed E-state index contributed by atoms with van der Waals surface area (Å²) in [7, 11) is 0. The van der Waals surface area contributed by atoms with Gasteiger partial charge in [0.1, 0.15) is 0 Å². The molecule has 0 radical (unpaired) electrons. The molecule has 2 rings (SSSR count). The van der Waals surface area contributed by atoms with Crippen LogP contribution in [0, 0.1) is 5.92 Å². The van der Waals surface area contributed by atoms with E-state index in [1.54, 1.807) is 18.2 Å². The molecule has 0 unspecified atom stereocenters. The molecule has 0 bridgehead atoms. The number of fused-ring (bicyclic) bond motifs is 1. The van der Waals surface area contributed by atoms with Crippen LogP contribution in [0.2, 0.25) is 0 Å². The minimum atomic E-state index is -0.364. The normalized spacial score (nSPS) is 13.2. The first-order valence-electron chi connectivity index (χ1n) is 8.03. The Morgan fingerprint density at radius 1 is 1.08 bits per heavy atom. The summed E-state index contributed by atoms with van der Waals surface area (Å²) in [4.78, 5) is 48.8. The predicted octanol–water partition coefficient (Wildman–Crippen LogP) is 2.02. The van der Waals surface area contributed by atoms with Gasteiger partial charge in [0.15, 0.2) is 0 Å². The van der Waals surface area contributed by atoms with Crippen molar-refractivity contribution in [3.63, 3.8) is 0 Å². The van der Waals surface area contributed by atoms with E-state index in [-0.39, 0.29) is 42.5 Å². The topological polar surface area (TPSA) is 95.6 Å². The van der Waals surface area contributed by atoms with Crippen LogP contribution in [-0.2, 0) is 9.59 Å². The number of benzene rings is 1. The molecule has 0 aliphatic carbocycles.